The summed E-state index contributed by atoms with van der Waals surface area (Å²) < 4.78 is 28.2. The summed E-state index contributed by atoms with van der Waals surface area (Å²) in [6.45, 7) is 1.96. The third kappa shape index (κ3) is 3.10. The van der Waals surface area contributed by atoms with Crippen LogP contribution in [0.3, 0.4) is 0 Å². The molecule has 1 amide bonds. The average Bonchev–Trinajstić information content (AvgIpc) is 3.35. The summed E-state index contributed by atoms with van der Waals surface area (Å²) in [5.41, 5.74) is 2.06. The van der Waals surface area contributed by atoms with Crippen molar-refractivity contribution in [1.82, 2.24) is 9.78 Å². The number of carbonyl (C=O) groups is 1. The zero-order chi connectivity index (χ0) is 17.6. The quantitative estimate of drug-likeness (QED) is 0.884. The molecule has 5 nitrogen and oxygen atoms in total. The number of hydrogen-bond donors (Lipinski definition) is 2. The minimum Gasteiger partial charge on any atom is -0.367 e. The Kier molecular flexibility index (Phi) is 3.94. The fourth-order valence-corrected chi connectivity index (χ4v) is 3.37. The van der Waals surface area contributed by atoms with Gasteiger partial charge in [-0.1, -0.05) is 17.7 Å². The molecule has 1 aliphatic carbocycles. The Labute approximate surface area is 144 Å². The lowest BCUT2D eigenvalue weighted by Crippen LogP contribution is -2.37. The predicted octanol–water partition coefficient (Wildman–Crippen LogP) is 3.84. The van der Waals surface area contributed by atoms with Crippen LogP contribution < -0.4 is 10.6 Å². The maximum Gasteiger partial charge on any atom is 0.261 e. The Balaban J connectivity index is 1.60. The molecular weight excluding hydrogens is 326 g/mol. The van der Waals surface area contributed by atoms with Crippen LogP contribution in [0.5, 0.6) is 0 Å². The van der Waals surface area contributed by atoms with Gasteiger partial charge in [0, 0.05) is 11.7 Å². The number of nitrogens with zero attached hydrogens (tertiary/aromatic N) is 2. The van der Waals surface area contributed by atoms with Crippen molar-refractivity contribution in [2.75, 3.05) is 10.6 Å². The topological polar surface area (TPSA) is 59.0 Å². The smallest absolute Gasteiger partial charge is 0.261 e. The number of alkyl halides is 2. The van der Waals surface area contributed by atoms with E-state index in [1.165, 1.54) is 10.9 Å². The predicted molar refractivity (Wildman–Crippen MR) is 91.2 cm³/mol. The van der Waals surface area contributed by atoms with Gasteiger partial charge in [0.2, 0.25) is 0 Å². The molecule has 1 aromatic carbocycles. The molecule has 0 radical (unpaired) electrons. The van der Waals surface area contributed by atoms with E-state index < -0.39 is 12.5 Å². The summed E-state index contributed by atoms with van der Waals surface area (Å²) in [6, 6.07) is 6.42. The van der Waals surface area contributed by atoms with Crippen LogP contribution in [0.4, 0.5) is 20.3 Å². The zero-order valence-corrected chi connectivity index (χ0v) is 13.9. The first kappa shape index (κ1) is 16.1. The van der Waals surface area contributed by atoms with Gasteiger partial charge in [0.05, 0.1) is 6.20 Å². The first-order valence-corrected chi connectivity index (χ1v) is 8.53. The SMILES string of the molecule is Cc1ccc(NC(=O)c2cnn3c2N[C@H](C2CC2)C[C@@H]3C(F)F)cc1. The standard InChI is InChI=1S/C18H20F2N4O/c1-10-2-6-12(7-3-10)22-18(25)13-9-21-24-15(16(19)20)8-14(11-4-5-11)23-17(13)24/h2-3,6-7,9,11,14-16,23H,4-5,8H2,1H3,(H,22,25)/t14-,15+/m0/s1. The van der Waals surface area contributed by atoms with E-state index in [9.17, 15) is 13.6 Å². The highest BCUT2D eigenvalue weighted by Gasteiger charge is 2.41. The van der Waals surface area contributed by atoms with Crippen LogP contribution in [0.1, 0.15) is 41.2 Å². The van der Waals surface area contributed by atoms with Crippen molar-refractivity contribution >= 4 is 17.4 Å². The summed E-state index contributed by atoms with van der Waals surface area (Å²) in [5.74, 6) is 0.470. The van der Waals surface area contributed by atoms with Crippen LogP contribution in [-0.4, -0.2) is 28.2 Å². The van der Waals surface area contributed by atoms with Crippen LogP contribution in [0.25, 0.3) is 0 Å². The minimum atomic E-state index is -2.50. The lowest BCUT2D eigenvalue weighted by Gasteiger charge is -2.32. The number of amides is 1. The number of fused-ring (bicyclic) bond motifs is 1. The Bertz CT molecular complexity index is 783. The molecule has 7 heteroatoms. The summed E-state index contributed by atoms with van der Waals surface area (Å²) in [6.07, 6.45) is 1.31. The van der Waals surface area contributed by atoms with Crippen molar-refractivity contribution in [2.45, 2.75) is 44.7 Å². The van der Waals surface area contributed by atoms with Crippen molar-refractivity contribution in [3.63, 3.8) is 0 Å². The van der Waals surface area contributed by atoms with Gasteiger partial charge < -0.3 is 10.6 Å². The highest BCUT2D eigenvalue weighted by molar-refractivity contribution is 6.07. The number of rotatable bonds is 4. The van der Waals surface area contributed by atoms with Gasteiger partial charge in [0.1, 0.15) is 17.4 Å². The van der Waals surface area contributed by atoms with Crippen LogP contribution in [0.2, 0.25) is 0 Å². The van der Waals surface area contributed by atoms with Gasteiger partial charge in [-0.05, 0) is 44.2 Å². The number of benzene rings is 1. The largest absolute Gasteiger partial charge is 0.367 e. The molecule has 2 heterocycles. The Morgan fingerprint density at radius 1 is 1.32 bits per heavy atom. The van der Waals surface area contributed by atoms with Gasteiger partial charge in [-0.15, -0.1) is 0 Å². The molecule has 0 spiro atoms. The maximum absolute atomic E-state index is 13.5. The second-order valence-electron chi connectivity index (χ2n) is 6.90. The van der Waals surface area contributed by atoms with Gasteiger partial charge in [0.25, 0.3) is 12.3 Å². The van der Waals surface area contributed by atoms with Crippen molar-refractivity contribution in [1.29, 1.82) is 0 Å². The van der Waals surface area contributed by atoms with E-state index in [1.807, 2.05) is 31.2 Å². The van der Waals surface area contributed by atoms with Crippen LogP contribution in [0.15, 0.2) is 30.5 Å². The highest BCUT2D eigenvalue weighted by Crippen LogP contribution is 2.42. The number of halogens is 2. The van der Waals surface area contributed by atoms with Gasteiger partial charge in [-0.25, -0.2) is 13.5 Å². The molecule has 0 bridgehead atoms. The second kappa shape index (κ2) is 6.13. The summed E-state index contributed by atoms with van der Waals surface area (Å²) >= 11 is 0. The maximum atomic E-state index is 13.5. The fraction of sp³-hybridized carbons (Fsp3) is 0.444. The van der Waals surface area contributed by atoms with Crippen molar-refractivity contribution < 1.29 is 13.6 Å². The van der Waals surface area contributed by atoms with E-state index in [0.717, 1.165) is 18.4 Å². The second-order valence-corrected chi connectivity index (χ2v) is 6.90. The van der Waals surface area contributed by atoms with E-state index >= 15 is 0 Å². The first-order valence-electron chi connectivity index (χ1n) is 8.53. The molecule has 2 atom stereocenters. The molecule has 1 fully saturated rings. The Morgan fingerprint density at radius 3 is 2.68 bits per heavy atom. The van der Waals surface area contributed by atoms with Gasteiger partial charge >= 0.3 is 0 Å². The van der Waals surface area contributed by atoms with Crippen LogP contribution in [-0.2, 0) is 0 Å². The third-order valence-corrected chi connectivity index (χ3v) is 4.96. The molecule has 132 valence electrons. The zero-order valence-electron chi connectivity index (χ0n) is 13.9. The molecule has 0 saturated heterocycles. The summed E-state index contributed by atoms with van der Waals surface area (Å²) in [5, 5.41) is 10.1. The molecule has 25 heavy (non-hydrogen) atoms. The summed E-state index contributed by atoms with van der Waals surface area (Å²) in [4.78, 5) is 12.6. The molecule has 1 saturated carbocycles. The number of hydrogen-bond acceptors (Lipinski definition) is 3. The fourth-order valence-electron chi connectivity index (χ4n) is 3.37. The summed E-state index contributed by atoms with van der Waals surface area (Å²) in [7, 11) is 0. The third-order valence-electron chi connectivity index (χ3n) is 4.96. The van der Waals surface area contributed by atoms with Crippen molar-refractivity contribution in [3.8, 4) is 0 Å². The molecule has 1 aliphatic heterocycles. The van der Waals surface area contributed by atoms with Crippen LogP contribution >= 0.6 is 0 Å². The molecule has 2 N–H and O–H groups in total. The molecule has 1 aromatic heterocycles. The van der Waals surface area contributed by atoms with Gasteiger partial charge in [0.15, 0.2) is 0 Å². The number of nitrogens with one attached hydrogen (secondary N) is 2. The monoisotopic (exact) mass is 346 g/mol. The van der Waals surface area contributed by atoms with E-state index in [-0.39, 0.29) is 11.9 Å². The lowest BCUT2D eigenvalue weighted by atomic mass is 10.00. The van der Waals surface area contributed by atoms with E-state index in [0.29, 0.717) is 29.4 Å². The molecule has 0 unspecified atom stereocenters. The number of anilines is 2. The molecule has 2 aliphatic rings. The van der Waals surface area contributed by atoms with E-state index in [1.54, 1.807) is 0 Å². The Hall–Kier alpha value is -2.44. The number of aromatic nitrogens is 2. The average molecular weight is 346 g/mol. The first-order chi connectivity index (χ1) is 12.0. The van der Waals surface area contributed by atoms with E-state index in [2.05, 4.69) is 15.7 Å². The lowest BCUT2D eigenvalue weighted by molar-refractivity contribution is 0.0644. The minimum absolute atomic E-state index is 0.0193. The normalized spacial score (nSPS) is 22.4. The molecule has 2 aromatic rings. The van der Waals surface area contributed by atoms with E-state index in [4.69, 9.17) is 0 Å². The van der Waals surface area contributed by atoms with Gasteiger partial charge in [-0.3, -0.25) is 4.79 Å². The van der Waals surface area contributed by atoms with Crippen molar-refractivity contribution in [2.24, 2.45) is 5.92 Å². The van der Waals surface area contributed by atoms with Crippen molar-refractivity contribution in [3.05, 3.63) is 41.6 Å². The number of carbonyl (C=O) groups excluding carboxylic acids is 1. The highest BCUT2D eigenvalue weighted by atomic mass is 19.3. The Morgan fingerprint density at radius 2 is 2.04 bits per heavy atom. The number of aryl methyl sites for hydroxylation is 1. The molecular formula is C18H20F2N4O. The molecule has 4 rings (SSSR count). The van der Waals surface area contributed by atoms with Crippen LogP contribution in [0, 0.1) is 12.8 Å². The van der Waals surface area contributed by atoms with Gasteiger partial charge in [-0.2, -0.15) is 5.10 Å².